The monoisotopic (exact) mass is 136 g/mol. The molecule has 0 aromatic heterocycles. The molecule has 0 spiro atoms. The highest BCUT2D eigenvalue weighted by Crippen LogP contribution is 2.26. The van der Waals surface area contributed by atoms with E-state index in [0.29, 0.717) is 6.04 Å². The highest BCUT2D eigenvalue weighted by Gasteiger charge is 2.33. The molecule has 8 heavy (non-hydrogen) atoms. The molecule has 1 fully saturated rings. The summed E-state index contributed by atoms with van der Waals surface area (Å²) in [6.45, 7) is 2.04. The Hall–Kier alpha value is 0.210. The van der Waals surface area contributed by atoms with Crippen LogP contribution in [0.15, 0.2) is 0 Å². The zero-order valence-electron chi connectivity index (χ0n) is 5.05. The molecule has 0 aromatic rings. The molecule has 2 nitrogen and oxygen atoms in total. The van der Waals surface area contributed by atoms with Gasteiger partial charge in [0.05, 0.1) is 0 Å². The van der Waals surface area contributed by atoms with Gasteiger partial charge >= 0.3 is 0 Å². The summed E-state index contributed by atoms with van der Waals surface area (Å²) < 4.78 is 0. The first-order valence-electron chi connectivity index (χ1n) is 2.65. The molecule has 0 unspecified atom stereocenters. The van der Waals surface area contributed by atoms with Crippen LogP contribution in [0.4, 0.5) is 0 Å². The third-order valence-electron chi connectivity index (χ3n) is 1.46. The summed E-state index contributed by atoms with van der Waals surface area (Å²) in [4.78, 5) is 0. The molecule has 4 N–H and O–H groups in total. The van der Waals surface area contributed by atoms with Gasteiger partial charge in [0, 0.05) is 11.6 Å². The van der Waals surface area contributed by atoms with Gasteiger partial charge in [0.2, 0.25) is 0 Å². The smallest absolute Gasteiger partial charge is 0.0155 e. The van der Waals surface area contributed by atoms with Crippen LogP contribution in [-0.2, 0) is 0 Å². The van der Waals surface area contributed by atoms with Gasteiger partial charge in [0.25, 0.3) is 0 Å². The molecule has 0 aromatic carbocycles. The Kier molecular flexibility index (Phi) is 2.27. The Morgan fingerprint density at radius 3 is 1.88 bits per heavy atom. The van der Waals surface area contributed by atoms with Crippen LogP contribution in [0, 0.1) is 0 Å². The minimum absolute atomic E-state index is 0. The normalized spacial score (nSPS) is 44.6. The van der Waals surface area contributed by atoms with Gasteiger partial charge in [-0.25, -0.2) is 0 Å². The Morgan fingerprint density at radius 2 is 1.88 bits per heavy atom. The largest absolute Gasteiger partial charge is 0.328 e. The van der Waals surface area contributed by atoms with Gasteiger partial charge in [-0.3, -0.25) is 0 Å². The van der Waals surface area contributed by atoms with E-state index < -0.39 is 0 Å². The fourth-order valence-electron chi connectivity index (χ4n) is 1.14. The van der Waals surface area contributed by atoms with E-state index in [-0.39, 0.29) is 17.9 Å². The second-order valence-corrected chi connectivity index (χ2v) is 2.82. The number of hydrogen-bond acceptors (Lipinski definition) is 2. The van der Waals surface area contributed by atoms with Crippen LogP contribution in [0.3, 0.4) is 0 Å². The fraction of sp³-hybridized carbons (Fsp3) is 1.00. The SMILES string of the molecule is CC1(N)CC(N)C1.Cl. The molecular weight excluding hydrogens is 124 g/mol. The predicted octanol–water partition coefficient (Wildman–Crippen LogP) is 0.247. The zero-order valence-corrected chi connectivity index (χ0v) is 5.87. The van der Waals surface area contributed by atoms with Crippen molar-refractivity contribution < 1.29 is 0 Å². The van der Waals surface area contributed by atoms with E-state index in [0.717, 1.165) is 12.8 Å². The van der Waals surface area contributed by atoms with Crippen molar-refractivity contribution in [3.05, 3.63) is 0 Å². The van der Waals surface area contributed by atoms with Gasteiger partial charge in [-0.1, -0.05) is 0 Å². The van der Waals surface area contributed by atoms with Crippen LogP contribution < -0.4 is 11.5 Å². The van der Waals surface area contributed by atoms with Crippen molar-refractivity contribution in [1.29, 1.82) is 0 Å². The predicted molar refractivity (Wildman–Crippen MR) is 37.0 cm³/mol. The molecule has 0 radical (unpaired) electrons. The highest BCUT2D eigenvalue weighted by molar-refractivity contribution is 5.85. The van der Waals surface area contributed by atoms with Crippen LogP contribution in [0.5, 0.6) is 0 Å². The van der Waals surface area contributed by atoms with Gasteiger partial charge in [-0.2, -0.15) is 0 Å². The first-order chi connectivity index (χ1) is 3.10. The average molecular weight is 137 g/mol. The lowest BCUT2D eigenvalue weighted by molar-refractivity contribution is 0.233. The number of hydrogen-bond donors (Lipinski definition) is 2. The number of nitrogens with two attached hydrogens (primary N) is 2. The van der Waals surface area contributed by atoms with E-state index >= 15 is 0 Å². The van der Waals surface area contributed by atoms with E-state index in [2.05, 4.69) is 0 Å². The average Bonchev–Trinajstić information content (AvgIpc) is 1.27. The van der Waals surface area contributed by atoms with Crippen LogP contribution in [0.25, 0.3) is 0 Å². The van der Waals surface area contributed by atoms with Crippen LogP contribution in [0.2, 0.25) is 0 Å². The minimum atomic E-state index is 0. The molecule has 50 valence electrons. The summed E-state index contributed by atoms with van der Waals surface area (Å²) in [5, 5.41) is 0. The summed E-state index contributed by atoms with van der Waals surface area (Å²) in [7, 11) is 0. The van der Waals surface area contributed by atoms with Gasteiger partial charge < -0.3 is 11.5 Å². The molecular formula is C5H13ClN2. The molecule has 0 aliphatic heterocycles. The van der Waals surface area contributed by atoms with Crippen molar-refractivity contribution >= 4 is 12.4 Å². The zero-order chi connectivity index (χ0) is 5.49. The van der Waals surface area contributed by atoms with Crippen molar-refractivity contribution in [1.82, 2.24) is 0 Å². The Morgan fingerprint density at radius 1 is 1.50 bits per heavy atom. The second kappa shape index (κ2) is 2.21. The van der Waals surface area contributed by atoms with Crippen LogP contribution >= 0.6 is 12.4 Å². The molecule has 0 heterocycles. The third kappa shape index (κ3) is 1.62. The molecule has 0 bridgehead atoms. The minimum Gasteiger partial charge on any atom is -0.328 e. The number of rotatable bonds is 0. The third-order valence-corrected chi connectivity index (χ3v) is 1.46. The maximum Gasteiger partial charge on any atom is 0.0155 e. The lowest BCUT2D eigenvalue weighted by Gasteiger charge is -2.39. The molecule has 1 aliphatic rings. The molecule has 1 rings (SSSR count). The molecule has 0 atom stereocenters. The maximum atomic E-state index is 5.63. The van der Waals surface area contributed by atoms with Crippen LogP contribution in [-0.4, -0.2) is 11.6 Å². The summed E-state index contributed by atoms with van der Waals surface area (Å²) >= 11 is 0. The van der Waals surface area contributed by atoms with Crippen molar-refractivity contribution in [3.8, 4) is 0 Å². The Bertz CT molecular complexity index is 74.5. The summed E-state index contributed by atoms with van der Waals surface area (Å²) in [5.74, 6) is 0. The van der Waals surface area contributed by atoms with E-state index in [1.807, 2.05) is 6.92 Å². The van der Waals surface area contributed by atoms with Gasteiger partial charge in [0.1, 0.15) is 0 Å². The van der Waals surface area contributed by atoms with Gasteiger partial charge in [0.15, 0.2) is 0 Å². The summed E-state index contributed by atoms with van der Waals surface area (Å²) in [6.07, 6.45) is 1.99. The Balaban J connectivity index is 0.000000490. The standard InChI is InChI=1S/C5H12N2.ClH/c1-5(7)2-4(6)3-5;/h4H,2-3,6-7H2,1H3;1H. The van der Waals surface area contributed by atoms with E-state index in [4.69, 9.17) is 11.5 Å². The molecule has 0 saturated heterocycles. The topological polar surface area (TPSA) is 52.0 Å². The summed E-state index contributed by atoms with van der Waals surface area (Å²) in [5.41, 5.74) is 11.2. The van der Waals surface area contributed by atoms with Crippen molar-refractivity contribution in [2.45, 2.75) is 31.3 Å². The van der Waals surface area contributed by atoms with Crippen molar-refractivity contribution in [2.24, 2.45) is 11.5 Å². The maximum absolute atomic E-state index is 5.63. The second-order valence-electron chi connectivity index (χ2n) is 2.82. The van der Waals surface area contributed by atoms with E-state index in [1.165, 1.54) is 0 Å². The van der Waals surface area contributed by atoms with Gasteiger partial charge in [-0.15, -0.1) is 12.4 Å². The lowest BCUT2D eigenvalue weighted by Crippen LogP contribution is -2.55. The number of halogens is 1. The highest BCUT2D eigenvalue weighted by atomic mass is 35.5. The van der Waals surface area contributed by atoms with Crippen molar-refractivity contribution in [2.75, 3.05) is 0 Å². The molecule has 1 saturated carbocycles. The lowest BCUT2D eigenvalue weighted by atomic mass is 9.76. The molecule has 0 amide bonds. The van der Waals surface area contributed by atoms with Crippen molar-refractivity contribution in [3.63, 3.8) is 0 Å². The molecule has 3 heteroatoms. The fourth-order valence-corrected chi connectivity index (χ4v) is 1.14. The quantitative estimate of drug-likeness (QED) is 0.502. The van der Waals surface area contributed by atoms with E-state index in [9.17, 15) is 0 Å². The van der Waals surface area contributed by atoms with E-state index in [1.54, 1.807) is 0 Å². The molecule has 1 aliphatic carbocycles. The Labute approximate surface area is 56.0 Å². The van der Waals surface area contributed by atoms with Crippen LogP contribution in [0.1, 0.15) is 19.8 Å². The first-order valence-corrected chi connectivity index (χ1v) is 2.65. The summed E-state index contributed by atoms with van der Waals surface area (Å²) in [6, 6.07) is 0.384. The van der Waals surface area contributed by atoms with Gasteiger partial charge in [-0.05, 0) is 19.8 Å². The first kappa shape index (κ1) is 8.21.